The lowest BCUT2D eigenvalue weighted by Crippen LogP contribution is -2.28. The first kappa shape index (κ1) is 15.4. The molecule has 0 aliphatic carbocycles. The molecule has 1 heterocycles. The van der Waals surface area contributed by atoms with E-state index in [1.165, 1.54) is 31.8 Å². The Morgan fingerprint density at radius 1 is 1.32 bits per heavy atom. The van der Waals surface area contributed by atoms with Gasteiger partial charge in [0.1, 0.15) is 6.33 Å². The van der Waals surface area contributed by atoms with E-state index in [0.717, 1.165) is 0 Å². The number of rotatable bonds is 7. The fourth-order valence-electron chi connectivity index (χ4n) is 1.35. The number of hydrogen-bond acceptors (Lipinski definition) is 7. The van der Waals surface area contributed by atoms with Crippen LogP contribution in [0.4, 0.5) is 11.6 Å². The fraction of sp³-hybridized carbons (Fsp3) is 0.600. The lowest BCUT2D eigenvalue weighted by Gasteiger charge is -2.14. The van der Waals surface area contributed by atoms with Gasteiger partial charge >= 0.3 is 0 Å². The minimum absolute atomic E-state index is 0.0257. The molecule has 0 aliphatic heterocycles. The molecule has 8 nitrogen and oxygen atoms in total. The Balaban J connectivity index is 2.74. The van der Waals surface area contributed by atoms with Crippen LogP contribution in [0.15, 0.2) is 6.33 Å². The van der Waals surface area contributed by atoms with Crippen LogP contribution in [0.3, 0.4) is 0 Å². The maximum Gasteiger partial charge on any atom is 0.215 e. The van der Waals surface area contributed by atoms with Gasteiger partial charge in [-0.15, -0.1) is 0 Å². The van der Waals surface area contributed by atoms with E-state index < -0.39 is 10.0 Å². The van der Waals surface area contributed by atoms with Gasteiger partial charge in [0.15, 0.2) is 11.6 Å². The van der Waals surface area contributed by atoms with Crippen molar-refractivity contribution >= 4 is 21.7 Å². The van der Waals surface area contributed by atoms with Gasteiger partial charge in [-0.25, -0.2) is 22.7 Å². The highest BCUT2D eigenvalue weighted by atomic mass is 32.2. The molecule has 0 aliphatic rings. The molecule has 0 atom stereocenters. The molecule has 0 aromatic carbocycles. The number of anilines is 2. The van der Waals surface area contributed by atoms with Crippen LogP contribution >= 0.6 is 0 Å². The molecule has 0 saturated carbocycles. The summed E-state index contributed by atoms with van der Waals surface area (Å²) < 4.78 is 29.6. The van der Waals surface area contributed by atoms with Gasteiger partial charge in [-0.1, -0.05) is 0 Å². The van der Waals surface area contributed by atoms with Crippen molar-refractivity contribution in [2.45, 2.75) is 0 Å². The maximum atomic E-state index is 11.6. The topological polar surface area (TPSA) is 96.4 Å². The van der Waals surface area contributed by atoms with E-state index >= 15 is 0 Å². The summed E-state index contributed by atoms with van der Waals surface area (Å²) in [6.07, 6.45) is 1.37. The second kappa shape index (κ2) is 6.53. The molecule has 108 valence electrons. The van der Waals surface area contributed by atoms with Crippen LogP contribution in [0.25, 0.3) is 0 Å². The first-order valence-corrected chi connectivity index (χ1v) is 7.24. The van der Waals surface area contributed by atoms with Crippen LogP contribution in [0.1, 0.15) is 0 Å². The molecular formula is C10H19N5O3S. The number of nitrogens with one attached hydrogen (secondary N) is 2. The average molecular weight is 289 g/mol. The Morgan fingerprint density at radius 3 is 2.47 bits per heavy atom. The first-order valence-electron chi connectivity index (χ1n) is 5.63. The number of methoxy groups -OCH3 is 1. The van der Waals surface area contributed by atoms with Crippen LogP contribution in [0.5, 0.6) is 5.75 Å². The smallest absolute Gasteiger partial charge is 0.215 e. The van der Waals surface area contributed by atoms with E-state index in [1.54, 1.807) is 7.05 Å². The van der Waals surface area contributed by atoms with E-state index in [0.29, 0.717) is 17.4 Å². The molecule has 0 amide bonds. The van der Waals surface area contributed by atoms with Gasteiger partial charge in [0, 0.05) is 27.7 Å². The summed E-state index contributed by atoms with van der Waals surface area (Å²) in [7, 11) is 2.98. The highest BCUT2D eigenvalue weighted by Gasteiger charge is 2.15. The second-order valence-electron chi connectivity index (χ2n) is 3.88. The Morgan fingerprint density at radius 2 is 1.95 bits per heavy atom. The summed E-state index contributed by atoms with van der Waals surface area (Å²) in [5.41, 5.74) is 0. The largest absolute Gasteiger partial charge is 0.490 e. The predicted octanol–water partition coefficient (Wildman–Crippen LogP) is -0.170. The van der Waals surface area contributed by atoms with E-state index in [-0.39, 0.29) is 12.3 Å². The lowest BCUT2D eigenvalue weighted by molar-refractivity contribution is 0.415. The van der Waals surface area contributed by atoms with Crippen molar-refractivity contribution in [3.05, 3.63) is 6.33 Å². The molecular weight excluding hydrogens is 270 g/mol. The minimum atomic E-state index is -3.23. The molecule has 1 rings (SSSR count). The van der Waals surface area contributed by atoms with Crippen molar-refractivity contribution in [2.75, 3.05) is 51.2 Å². The lowest BCUT2D eigenvalue weighted by atomic mass is 10.4. The number of nitrogens with zero attached hydrogens (tertiary/aromatic N) is 3. The third-order valence-electron chi connectivity index (χ3n) is 2.45. The summed E-state index contributed by atoms with van der Waals surface area (Å²) >= 11 is 0. The molecule has 0 bridgehead atoms. The number of aromatic nitrogens is 2. The zero-order valence-electron chi connectivity index (χ0n) is 11.5. The fourth-order valence-corrected chi connectivity index (χ4v) is 2.08. The third-order valence-corrected chi connectivity index (χ3v) is 4.29. The molecule has 1 aromatic heterocycles. The molecule has 9 heteroatoms. The van der Waals surface area contributed by atoms with Gasteiger partial charge in [-0.05, 0) is 0 Å². The molecule has 19 heavy (non-hydrogen) atoms. The molecule has 0 radical (unpaired) electrons. The van der Waals surface area contributed by atoms with E-state index in [9.17, 15) is 8.42 Å². The zero-order valence-corrected chi connectivity index (χ0v) is 12.3. The maximum absolute atomic E-state index is 11.6. The Labute approximate surface area is 113 Å². The predicted molar refractivity (Wildman–Crippen MR) is 74.1 cm³/mol. The van der Waals surface area contributed by atoms with Crippen molar-refractivity contribution in [1.29, 1.82) is 0 Å². The van der Waals surface area contributed by atoms with Crippen molar-refractivity contribution in [3.8, 4) is 5.75 Å². The van der Waals surface area contributed by atoms with Crippen LogP contribution in [0, 0.1) is 0 Å². The molecule has 2 N–H and O–H groups in total. The van der Waals surface area contributed by atoms with Crippen molar-refractivity contribution in [3.63, 3.8) is 0 Å². The second-order valence-corrected chi connectivity index (χ2v) is 6.18. The van der Waals surface area contributed by atoms with E-state index in [4.69, 9.17) is 4.74 Å². The summed E-state index contributed by atoms with van der Waals surface area (Å²) in [6, 6.07) is 0. The van der Waals surface area contributed by atoms with Gasteiger partial charge in [-0.2, -0.15) is 0 Å². The summed E-state index contributed by atoms with van der Waals surface area (Å²) in [6.45, 7) is 0.233. The highest BCUT2D eigenvalue weighted by molar-refractivity contribution is 7.89. The number of sulfonamides is 1. The van der Waals surface area contributed by atoms with E-state index in [2.05, 4.69) is 20.6 Å². The van der Waals surface area contributed by atoms with E-state index in [1.807, 2.05) is 0 Å². The SMILES string of the molecule is CNc1ncnc(NCCS(=O)(=O)N(C)C)c1OC. The Bertz CT molecular complexity index is 518. The molecule has 0 saturated heterocycles. The summed E-state index contributed by atoms with van der Waals surface area (Å²) in [5.74, 6) is 1.42. The van der Waals surface area contributed by atoms with Crippen molar-refractivity contribution in [1.82, 2.24) is 14.3 Å². The third kappa shape index (κ3) is 3.93. The highest BCUT2D eigenvalue weighted by Crippen LogP contribution is 2.28. The van der Waals surface area contributed by atoms with Crippen LogP contribution in [-0.4, -0.2) is 63.2 Å². The quantitative estimate of drug-likeness (QED) is 0.719. The average Bonchev–Trinajstić information content (AvgIpc) is 2.37. The molecule has 0 spiro atoms. The van der Waals surface area contributed by atoms with Crippen molar-refractivity contribution in [2.24, 2.45) is 0 Å². The molecule has 0 fully saturated rings. The zero-order chi connectivity index (χ0) is 14.5. The number of hydrogen-bond donors (Lipinski definition) is 2. The first-order chi connectivity index (χ1) is 8.92. The summed E-state index contributed by atoms with van der Waals surface area (Å²) in [5, 5.41) is 5.80. The Hall–Kier alpha value is -1.61. The van der Waals surface area contributed by atoms with Gasteiger partial charge in [-0.3, -0.25) is 0 Å². The Kier molecular flexibility index (Phi) is 5.31. The van der Waals surface area contributed by atoms with Gasteiger partial charge in [0.05, 0.1) is 12.9 Å². The van der Waals surface area contributed by atoms with Crippen LogP contribution in [-0.2, 0) is 10.0 Å². The van der Waals surface area contributed by atoms with Crippen LogP contribution in [0.2, 0.25) is 0 Å². The van der Waals surface area contributed by atoms with Crippen LogP contribution < -0.4 is 15.4 Å². The monoisotopic (exact) mass is 289 g/mol. The standard InChI is InChI=1S/C10H19N5O3S/c1-11-9-8(18-4)10(14-7-13-9)12-5-6-19(16,17)15(2)3/h7H,5-6H2,1-4H3,(H2,11,12,13,14). The number of ether oxygens (including phenoxy) is 1. The minimum Gasteiger partial charge on any atom is -0.490 e. The summed E-state index contributed by atoms with van der Waals surface area (Å²) in [4.78, 5) is 8.03. The van der Waals surface area contributed by atoms with Crippen molar-refractivity contribution < 1.29 is 13.2 Å². The van der Waals surface area contributed by atoms with Gasteiger partial charge < -0.3 is 15.4 Å². The van der Waals surface area contributed by atoms with Gasteiger partial charge in [0.25, 0.3) is 0 Å². The molecule has 0 unspecified atom stereocenters. The normalized spacial score (nSPS) is 11.4. The molecule has 1 aromatic rings. The van der Waals surface area contributed by atoms with Gasteiger partial charge in [0.2, 0.25) is 15.8 Å².